The highest BCUT2D eigenvalue weighted by atomic mass is 35.5. The number of hydrogen-bond acceptors (Lipinski definition) is 3. The Kier molecular flexibility index (Phi) is 2.93. The average Bonchev–Trinajstić information content (AvgIpc) is 2.67. The van der Waals surface area contributed by atoms with E-state index in [2.05, 4.69) is 10.1 Å². The van der Waals surface area contributed by atoms with Crippen molar-refractivity contribution in [1.29, 1.82) is 0 Å². The van der Waals surface area contributed by atoms with Crippen LogP contribution in [0.3, 0.4) is 0 Å². The molecule has 0 radical (unpaired) electrons. The third kappa shape index (κ3) is 2.13. The first kappa shape index (κ1) is 10.5. The molecule has 1 unspecified atom stereocenters. The Morgan fingerprint density at radius 1 is 1.33 bits per heavy atom. The molecule has 0 aliphatic rings. The minimum absolute atomic E-state index is 0.273. The van der Waals surface area contributed by atoms with Gasteiger partial charge in [-0.1, -0.05) is 28.9 Å². The molecule has 5 heteroatoms. The molecule has 0 saturated carbocycles. The summed E-state index contributed by atoms with van der Waals surface area (Å²) in [6.07, 6.45) is 0. The Morgan fingerprint density at radius 3 is 2.67 bits per heavy atom. The molecule has 0 bridgehead atoms. The van der Waals surface area contributed by atoms with Crippen molar-refractivity contribution in [1.82, 2.24) is 10.1 Å². The Bertz CT molecular complexity index is 468. The summed E-state index contributed by atoms with van der Waals surface area (Å²) in [5, 5.41) is 4.06. The summed E-state index contributed by atoms with van der Waals surface area (Å²) in [6.45, 7) is 1.78. The van der Waals surface area contributed by atoms with E-state index in [1.807, 2.05) is 18.2 Å². The van der Waals surface area contributed by atoms with E-state index >= 15 is 0 Å². The first-order valence-electron chi connectivity index (χ1n) is 4.41. The van der Waals surface area contributed by atoms with Gasteiger partial charge in [-0.05, 0) is 19.1 Å². The molecule has 0 spiro atoms. The Morgan fingerprint density at radius 2 is 2.07 bits per heavy atom. The van der Waals surface area contributed by atoms with Gasteiger partial charge in [0.2, 0.25) is 0 Å². The lowest BCUT2D eigenvalue weighted by Crippen LogP contribution is -1.86. The predicted octanol–water partition coefficient (Wildman–Crippen LogP) is 3.69. The minimum Gasteiger partial charge on any atom is -0.334 e. The highest BCUT2D eigenvalue weighted by Crippen LogP contribution is 2.27. The van der Waals surface area contributed by atoms with E-state index in [0.717, 1.165) is 5.56 Å². The zero-order chi connectivity index (χ0) is 10.8. The fraction of sp³-hybridized carbons (Fsp3) is 0.200. The van der Waals surface area contributed by atoms with E-state index in [9.17, 15) is 0 Å². The lowest BCUT2D eigenvalue weighted by molar-refractivity contribution is 0.422. The van der Waals surface area contributed by atoms with E-state index in [0.29, 0.717) is 16.7 Å². The van der Waals surface area contributed by atoms with Crippen LogP contribution in [0.1, 0.15) is 18.1 Å². The first-order valence-corrected chi connectivity index (χ1v) is 5.22. The molecule has 0 aliphatic heterocycles. The summed E-state index contributed by atoms with van der Waals surface area (Å²) in [5.41, 5.74) is 0.718. The molecule has 15 heavy (non-hydrogen) atoms. The largest absolute Gasteiger partial charge is 0.334 e. The van der Waals surface area contributed by atoms with Crippen molar-refractivity contribution >= 4 is 23.2 Å². The van der Waals surface area contributed by atoms with Crippen molar-refractivity contribution in [2.24, 2.45) is 0 Å². The third-order valence-corrected chi connectivity index (χ3v) is 2.43. The second-order valence-electron chi connectivity index (χ2n) is 3.05. The van der Waals surface area contributed by atoms with Gasteiger partial charge >= 0.3 is 0 Å². The van der Waals surface area contributed by atoms with Crippen LogP contribution >= 0.6 is 23.2 Å². The van der Waals surface area contributed by atoms with Gasteiger partial charge in [0.1, 0.15) is 0 Å². The lowest BCUT2D eigenvalue weighted by atomic mass is 10.2. The molecule has 3 nitrogen and oxygen atoms in total. The van der Waals surface area contributed by atoms with Crippen LogP contribution in [0, 0.1) is 0 Å². The molecule has 0 fully saturated rings. The molecule has 0 saturated heterocycles. The van der Waals surface area contributed by atoms with Gasteiger partial charge in [0, 0.05) is 0 Å². The number of alkyl halides is 1. The molecule has 0 N–H and O–H groups in total. The van der Waals surface area contributed by atoms with Gasteiger partial charge in [-0.25, -0.2) is 0 Å². The van der Waals surface area contributed by atoms with E-state index in [4.69, 9.17) is 27.7 Å². The van der Waals surface area contributed by atoms with Crippen LogP contribution in [0.15, 0.2) is 28.8 Å². The summed E-state index contributed by atoms with van der Waals surface area (Å²) in [6, 6.07) is 7.28. The molecular weight excluding hydrogens is 235 g/mol. The molecule has 2 rings (SSSR count). The quantitative estimate of drug-likeness (QED) is 0.755. The van der Waals surface area contributed by atoms with Crippen LogP contribution in [0.25, 0.3) is 11.5 Å². The fourth-order valence-electron chi connectivity index (χ4n) is 1.14. The standard InChI is InChI=1S/C10H8Cl2N2O/c1-6(11)9-13-10(15-14-9)7-4-2-3-5-8(7)12/h2-6H,1H3. The maximum atomic E-state index is 5.99. The van der Waals surface area contributed by atoms with Gasteiger partial charge in [0.05, 0.1) is 16.0 Å². The highest BCUT2D eigenvalue weighted by Gasteiger charge is 2.14. The molecule has 78 valence electrons. The zero-order valence-corrected chi connectivity index (χ0v) is 9.46. The van der Waals surface area contributed by atoms with Crippen molar-refractivity contribution in [3.05, 3.63) is 35.1 Å². The fourth-order valence-corrected chi connectivity index (χ4v) is 1.45. The monoisotopic (exact) mass is 242 g/mol. The molecule has 1 heterocycles. The van der Waals surface area contributed by atoms with Crippen LogP contribution in [0.2, 0.25) is 5.02 Å². The van der Waals surface area contributed by atoms with Crippen LogP contribution in [0.4, 0.5) is 0 Å². The van der Waals surface area contributed by atoms with Crippen LogP contribution in [0.5, 0.6) is 0 Å². The van der Waals surface area contributed by atoms with Crippen molar-refractivity contribution < 1.29 is 4.52 Å². The van der Waals surface area contributed by atoms with Crippen molar-refractivity contribution in [3.8, 4) is 11.5 Å². The number of aromatic nitrogens is 2. The van der Waals surface area contributed by atoms with Crippen LogP contribution in [-0.2, 0) is 0 Å². The summed E-state index contributed by atoms with van der Waals surface area (Å²) < 4.78 is 5.06. The van der Waals surface area contributed by atoms with Crippen LogP contribution in [-0.4, -0.2) is 10.1 Å². The van der Waals surface area contributed by atoms with E-state index in [1.54, 1.807) is 13.0 Å². The Labute approximate surface area is 97.0 Å². The van der Waals surface area contributed by atoms with Gasteiger partial charge < -0.3 is 4.52 Å². The second-order valence-corrected chi connectivity index (χ2v) is 4.12. The lowest BCUT2D eigenvalue weighted by Gasteiger charge is -1.96. The minimum atomic E-state index is -0.273. The van der Waals surface area contributed by atoms with Gasteiger partial charge in [-0.3, -0.25) is 0 Å². The predicted molar refractivity (Wildman–Crippen MR) is 59.0 cm³/mol. The Balaban J connectivity index is 2.42. The maximum Gasteiger partial charge on any atom is 0.259 e. The summed E-state index contributed by atoms with van der Waals surface area (Å²) >= 11 is 11.8. The van der Waals surface area contributed by atoms with Crippen molar-refractivity contribution in [2.75, 3.05) is 0 Å². The summed E-state index contributed by atoms with van der Waals surface area (Å²) in [5.74, 6) is 0.856. The first-order chi connectivity index (χ1) is 7.18. The normalized spacial score (nSPS) is 12.7. The van der Waals surface area contributed by atoms with Gasteiger partial charge in [-0.15, -0.1) is 11.6 Å². The third-order valence-electron chi connectivity index (χ3n) is 1.90. The van der Waals surface area contributed by atoms with E-state index in [-0.39, 0.29) is 5.38 Å². The number of rotatable bonds is 2. The molecule has 1 aromatic heterocycles. The zero-order valence-electron chi connectivity index (χ0n) is 7.95. The molecule has 0 amide bonds. The van der Waals surface area contributed by atoms with Crippen molar-refractivity contribution in [3.63, 3.8) is 0 Å². The number of halogens is 2. The molecule has 0 aliphatic carbocycles. The SMILES string of the molecule is CC(Cl)c1noc(-c2ccccc2Cl)n1. The topological polar surface area (TPSA) is 38.9 Å². The van der Waals surface area contributed by atoms with Gasteiger partial charge in [0.25, 0.3) is 5.89 Å². The highest BCUT2D eigenvalue weighted by molar-refractivity contribution is 6.33. The van der Waals surface area contributed by atoms with Gasteiger partial charge in [-0.2, -0.15) is 4.98 Å². The molecule has 1 aromatic carbocycles. The number of benzene rings is 1. The molecule has 1 atom stereocenters. The number of nitrogens with zero attached hydrogens (tertiary/aromatic N) is 2. The Hall–Kier alpha value is -1.06. The van der Waals surface area contributed by atoms with E-state index in [1.165, 1.54) is 0 Å². The smallest absolute Gasteiger partial charge is 0.259 e. The molecule has 2 aromatic rings. The van der Waals surface area contributed by atoms with Crippen LogP contribution < -0.4 is 0 Å². The average molecular weight is 243 g/mol. The maximum absolute atomic E-state index is 5.99. The van der Waals surface area contributed by atoms with Gasteiger partial charge in [0.15, 0.2) is 5.82 Å². The number of hydrogen-bond donors (Lipinski definition) is 0. The second kappa shape index (κ2) is 4.21. The van der Waals surface area contributed by atoms with Crippen molar-refractivity contribution in [2.45, 2.75) is 12.3 Å². The summed E-state index contributed by atoms with van der Waals surface area (Å²) in [4.78, 5) is 4.15. The van der Waals surface area contributed by atoms with E-state index < -0.39 is 0 Å². The molecular formula is C10H8Cl2N2O. The summed E-state index contributed by atoms with van der Waals surface area (Å²) in [7, 11) is 0.